The summed E-state index contributed by atoms with van der Waals surface area (Å²) >= 11 is 0.823. The molecule has 2 aromatic carbocycles. The van der Waals surface area contributed by atoms with Crippen LogP contribution >= 0.6 is 11.8 Å². The summed E-state index contributed by atoms with van der Waals surface area (Å²) < 4.78 is 25.8. The topological polar surface area (TPSA) is 49.4 Å². The van der Waals surface area contributed by atoms with Gasteiger partial charge in [0.2, 0.25) is 0 Å². The van der Waals surface area contributed by atoms with Gasteiger partial charge in [-0.05, 0) is 59.8 Å². The van der Waals surface area contributed by atoms with Crippen LogP contribution in [0.2, 0.25) is 0 Å². The third-order valence-electron chi connectivity index (χ3n) is 3.33. The lowest BCUT2D eigenvalue weighted by Gasteiger charge is -2.14. The Morgan fingerprint density at radius 1 is 0.958 bits per heavy atom. The van der Waals surface area contributed by atoms with E-state index >= 15 is 0 Å². The lowest BCUT2D eigenvalue weighted by Crippen LogP contribution is -2.33. The highest BCUT2D eigenvalue weighted by Crippen LogP contribution is 2.32. The van der Waals surface area contributed by atoms with E-state index in [4.69, 9.17) is 0 Å². The van der Waals surface area contributed by atoms with Crippen LogP contribution in [-0.4, -0.2) is 22.7 Å². The van der Waals surface area contributed by atoms with Crippen molar-refractivity contribution in [1.82, 2.24) is 4.90 Å². The fourth-order valence-corrected chi connectivity index (χ4v) is 2.92. The van der Waals surface area contributed by atoms with Crippen LogP contribution < -0.4 is 5.32 Å². The van der Waals surface area contributed by atoms with E-state index in [9.17, 15) is 18.4 Å². The molecular formula is C17H12F2N2O2S. The number of rotatable bonds is 4. The number of amides is 2. The molecule has 1 N–H and O–H groups in total. The SMILES string of the molecule is O=C1S/C(=C/c2ccc(F)cc2)C(=O)N1CNc1ccc(F)cc1. The number of nitrogens with zero attached hydrogens (tertiary/aromatic N) is 1. The van der Waals surface area contributed by atoms with Crippen LogP contribution in [0, 0.1) is 11.6 Å². The molecule has 7 heteroatoms. The predicted octanol–water partition coefficient (Wildman–Crippen LogP) is 4.07. The van der Waals surface area contributed by atoms with Crippen molar-refractivity contribution >= 4 is 34.7 Å². The number of nitrogens with one attached hydrogen (secondary N) is 1. The van der Waals surface area contributed by atoms with E-state index in [0.717, 1.165) is 16.7 Å². The van der Waals surface area contributed by atoms with Gasteiger partial charge in [-0.3, -0.25) is 14.5 Å². The Labute approximate surface area is 141 Å². The van der Waals surface area contributed by atoms with Crippen molar-refractivity contribution in [3.8, 4) is 0 Å². The number of halogens is 2. The molecule has 0 aliphatic carbocycles. The molecule has 1 heterocycles. The number of benzene rings is 2. The van der Waals surface area contributed by atoms with Crippen molar-refractivity contribution < 1.29 is 18.4 Å². The normalized spacial score (nSPS) is 16.1. The van der Waals surface area contributed by atoms with Gasteiger partial charge in [0.05, 0.1) is 11.6 Å². The number of thioether (sulfide) groups is 1. The fraction of sp³-hybridized carbons (Fsp3) is 0.0588. The van der Waals surface area contributed by atoms with Gasteiger partial charge >= 0.3 is 0 Å². The summed E-state index contributed by atoms with van der Waals surface area (Å²) in [6.07, 6.45) is 1.54. The molecule has 2 amide bonds. The molecule has 0 atom stereocenters. The average Bonchev–Trinajstić information content (AvgIpc) is 2.83. The summed E-state index contributed by atoms with van der Waals surface area (Å²) in [6, 6.07) is 11.2. The molecule has 0 radical (unpaired) electrons. The molecule has 3 rings (SSSR count). The maximum atomic E-state index is 12.9. The smallest absolute Gasteiger partial charge is 0.295 e. The van der Waals surface area contributed by atoms with Gasteiger partial charge in [-0.25, -0.2) is 8.78 Å². The van der Waals surface area contributed by atoms with Gasteiger partial charge in [-0.15, -0.1) is 0 Å². The minimum atomic E-state index is -0.427. The Hall–Kier alpha value is -2.67. The van der Waals surface area contributed by atoms with Crippen LogP contribution in [0.1, 0.15) is 5.56 Å². The Balaban J connectivity index is 1.69. The number of hydrogen-bond donors (Lipinski definition) is 1. The van der Waals surface area contributed by atoms with Crippen LogP contribution in [0.5, 0.6) is 0 Å². The first-order valence-electron chi connectivity index (χ1n) is 7.03. The molecule has 1 aliphatic heterocycles. The lowest BCUT2D eigenvalue weighted by molar-refractivity contribution is -0.122. The van der Waals surface area contributed by atoms with E-state index in [1.54, 1.807) is 6.08 Å². The van der Waals surface area contributed by atoms with Crippen LogP contribution in [0.25, 0.3) is 6.08 Å². The molecule has 0 unspecified atom stereocenters. The molecule has 0 bridgehead atoms. The molecule has 1 saturated heterocycles. The third-order valence-corrected chi connectivity index (χ3v) is 4.23. The Morgan fingerprint density at radius 2 is 1.54 bits per heavy atom. The number of hydrogen-bond acceptors (Lipinski definition) is 4. The summed E-state index contributed by atoms with van der Waals surface area (Å²) in [7, 11) is 0. The summed E-state index contributed by atoms with van der Waals surface area (Å²) in [5.74, 6) is -1.17. The Bertz CT molecular complexity index is 804. The first-order chi connectivity index (χ1) is 11.5. The first kappa shape index (κ1) is 16.2. The van der Waals surface area contributed by atoms with E-state index < -0.39 is 11.1 Å². The highest BCUT2D eigenvalue weighted by atomic mass is 32.2. The largest absolute Gasteiger partial charge is 0.367 e. The molecule has 1 fully saturated rings. The lowest BCUT2D eigenvalue weighted by atomic mass is 10.2. The monoisotopic (exact) mass is 346 g/mol. The van der Waals surface area contributed by atoms with Crippen molar-refractivity contribution in [3.63, 3.8) is 0 Å². The van der Waals surface area contributed by atoms with Crippen LogP contribution in [0.4, 0.5) is 19.3 Å². The van der Waals surface area contributed by atoms with Crippen molar-refractivity contribution in [1.29, 1.82) is 0 Å². The minimum Gasteiger partial charge on any atom is -0.367 e. The van der Waals surface area contributed by atoms with Gasteiger partial charge in [-0.2, -0.15) is 0 Å². The van der Waals surface area contributed by atoms with Crippen molar-refractivity contribution in [2.24, 2.45) is 0 Å². The van der Waals surface area contributed by atoms with Gasteiger partial charge in [0.1, 0.15) is 11.6 Å². The highest BCUT2D eigenvalue weighted by molar-refractivity contribution is 8.18. The quantitative estimate of drug-likeness (QED) is 0.848. The number of anilines is 1. The van der Waals surface area contributed by atoms with E-state index in [0.29, 0.717) is 11.3 Å². The van der Waals surface area contributed by atoms with Gasteiger partial charge < -0.3 is 5.32 Å². The zero-order valence-corrected chi connectivity index (χ0v) is 13.1. The van der Waals surface area contributed by atoms with Crippen molar-refractivity contribution in [2.45, 2.75) is 0 Å². The molecule has 0 saturated carbocycles. The van der Waals surface area contributed by atoms with Gasteiger partial charge in [-0.1, -0.05) is 12.1 Å². The third kappa shape index (κ3) is 3.62. The number of carbonyl (C=O) groups excluding carboxylic acids is 2. The summed E-state index contributed by atoms with van der Waals surface area (Å²) in [5, 5.41) is 2.49. The highest BCUT2D eigenvalue weighted by Gasteiger charge is 2.34. The van der Waals surface area contributed by atoms with Crippen LogP contribution in [0.15, 0.2) is 53.4 Å². The number of imide groups is 1. The van der Waals surface area contributed by atoms with Gasteiger partial charge in [0.25, 0.3) is 11.1 Å². The second kappa shape index (κ2) is 6.84. The van der Waals surface area contributed by atoms with E-state index in [2.05, 4.69) is 5.32 Å². The van der Waals surface area contributed by atoms with Gasteiger partial charge in [0, 0.05) is 5.69 Å². The minimum absolute atomic E-state index is 0.0168. The van der Waals surface area contributed by atoms with E-state index in [1.807, 2.05) is 0 Å². The molecule has 24 heavy (non-hydrogen) atoms. The zero-order valence-electron chi connectivity index (χ0n) is 12.3. The fourth-order valence-electron chi connectivity index (χ4n) is 2.08. The van der Waals surface area contributed by atoms with E-state index in [1.165, 1.54) is 48.5 Å². The maximum absolute atomic E-state index is 12.9. The second-order valence-electron chi connectivity index (χ2n) is 5.00. The zero-order chi connectivity index (χ0) is 17.1. The molecule has 4 nitrogen and oxygen atoms in total. The predicted molar refractivity (Wildman–Crippen MR) is 89.1 cm³/mol. The number of carbonyl (C=O) groups is 2. The van der Waals surface area contributed by atoms with E-state index in [-0.39, 0.29) is 23.2 Å². The van der Waals surface area contributed by atoms with Crippen LogP contribution in [-0.2, 0) is 4.79 Å². The average molecular weight is 346 g/mol. The Morgan fingerprint density at radius 3 is 2.17 bits per heavy atom. The van der Waals surface area contributed by atoms with Crippen molar-refractivity contribution in [2.75, 3.05) is 12.0 Å². The molecule has 122 valence electrons. The maximum Gasteiger partial charge on any atom is 0.295 e. The van der Waals surface area contributed by atoms with Crippen LogP contribution in [0.3, 0.4) is 0 Å². The van der Waals surface area contributed by atoms with Gasteiger partial charge in [0.15, 0.2) is 0 Å². The molecule has 0 spiro atoms. The summed E-state index contributed by atoms with van der Waals surface area (Å²) in [6.45, 7) is -0.0168. The second-order valence-corrected chi connectivity index (χ2v) is 6.00. The summed E-state index contributed by atoms with van der Waals surface area (Å²) in [5.41, 5.74) is 1.23. The summed E-state index contributed by atoms with van der Waals surface area (Å²) in [4.78, 5) is 25.6. The van der Waals surface area contributed by atoms with Crippen molar-refractivity contribution in [3.05, 3.63) is 70.6 Å². The molecule has 2 aromatic rings. The Kier molecular flexibility index (Phi) is 4.61. The first-order valence-corrected chi connectivity index (χ1v) is 7.85. The standard InChI is InChI=1S/C17H12F2N2O2S/c18-12-3-1-11(2-4-12)9-15-16(22)21(17(23)24-15)10-20-14-7-5-13(19)6-8-14/h1-9,20H,10H2/b15-9+. The molecule has 1 aliphatic rings. The molecule has 0 aromatic heterocycles. The molecular weight excluding hydrogens is 334 g/mol.